The van der Waals surface area contributed by atoms with Gasteiger partial charge >= 0.3 is 0 Å². The van der Waals surface area contributed by atoms with Gasteiger partial charge in [-0.3, -0.25) is 9.69 Å². The van der Waals surface area contributed by atoms with Crippen molar-refractivity contribution in [2.75, 3.05) is 20.3 Å². The number of amides is 1. The zero-order chi connectivity index (χ0) is 22.4. The van der Waals surface area contributed by atoms with Crippen molar-refractivity contribution in [3.05, 3.63) is 69.6 Å². The van der Waals surface area contributed by atoms with E-state index in [4.69, 9.17) is 32.7 Å². The molecule has 162 valence electrons. The molecule has 1 aliphatic heterocycles. The molecule has 0 N–H and O–H groups in total. The van der Waals surface area contributed by atoms with E-state index in [1.54, 1.807) is 48.4 Å². The first-order chi connectivity index (χ1) is 15.0. The van der Waals surface area contributed by atoms with Crippen LogP contribution >= 0.6 is 35.0 Å². The third-order valence-electron chi connectivity index (χ3n) is 4.28. The molecule has 0 bridgehead atoms. The van der Waals surface area contributed by atoms with Crippen LogP contribution in [0.5, 0.6) is 11.5 Å². The molecule has 0 aromatic heterocycles. The van der Waals surface area contributed by atoms with Crippen LogP contribution in [0.3, 0.4) is 0 Å². The molecule has 1 aliphatic rings. The molecule has 0 radical (unpaired) electrons. The Labute approximate surface area is 196 Å². The summed E-state index contributed by atoms with van der Waals surface area (Å²) in [6.07, 6.45) is 4.23. The van der Waals surface area contributed by atoms with Gasteiger partial charge in [-0.05, 0) is 66.2 Å². The number of ether oxygens (including phenoxy) is 2. The van der Waals surface area contributed by atoms with E-state index in [9.17, 15) is 4.79 Å². The molecule has 0 atom stereocenters. The number of rotatable bonds is 8. The van der Waals surface area contributed by atoms with Crippen molar-refractivity contribution in [2.45, 2.75) is 13.3 Å². The number of hydrogen-bond acceptors (Lipinski definition) is 5. The number of methoxy groups -OCH3 is 1. The van der Waals surface area contributed by atoms with Gasteiger partial charge in [0.2, 0.25) is 0 Å². The highest BCUT2D eigenvalue weighted by Crippen LogP contribution is 2.39. The molecule has 31 heavy (non-hydrogen) atoms. The van der Waals surface area contributed by atoms with E-state index in [1.807, 2.05) is 19.1 Å². The number of hydrogen-bond donors (Lipinski definition) is 0. The summed E-state index contributed by atoms with van der Waals surface area (Å²) in [5, 5.41) is 1.66. The SMILES string of the molecule is C=CCOc1c(Cl)cc(/C=C2\SC(=Nc3ccc(Cl)cc3)N(CCC)C2=O)cc1OC. The van der Waals surface area contributed by atoms with E-state index in [2.05, 4.69) is 11.6 Å². The van der Waals surface area contributed by atoms with Gasteiger partial charge < -0.3 is 9.47 Å². The van der Waals surface area contributed by atoms with Crippen LogP contribution in [-0.2, 0) is 4.79 Å². The summed E-state index contributed by atoms with van der Waals surface area (Å²) in [6, 6.07) is 10.7. The molecule has 1 saturated heterocycles. The number of halogens is 2. The van der Waals surface area contributed by atoms with Gasteiger partial charge in [-0.2, -0.15) is 0 Å². The summed E-state index contributed by atoms with van der Waals surface area (Å²) < 4.78 is 11.0. The molecule has 2 aromatic carbocycles. The first-order valence-corrected chi connectivity index (χ1v) is 11.2. The first-order valence-electron chi connectivity index (χ1n) is 9.63. The first kappa shape index (κ1) is 23.3. The monoisotopic (exact) mass is 476 g/mol. The van der Waals surface area contributed by atoms with Crippen LogP contribution in [0.15, 0.2) is 59.0 Å². The van der Waals surface area contributed by atoms with Gasteiger partial charge in [0, 0.05) is 11.6 Å². The van der Waals surface area contributed by atoms with Crippen molar-refractivity contribution in [3.8, 4) is 11.5 Å². The van der Waals surface area contributed by atoms with Crippen LogP contribution in [-0.4, -0.2) is 36.2 Å². The predicted molar refractivity (Wildman–Crippen MR) is 130 cm³/mol. The number of aliphatic imine (C=N–C) groups is 1. The van der Waals surface area contributed by atoms with E-state index in [1.165, 1.54) is 11.8 Å². The summed E-state index contributed by atoms with van der Waals surface area (Å²) in [5.74, 6) is 0.827. The van der Waals surface area contributed by atoms with Crippen molar-refractivity contribution < 1.29 is 14.3 Å². The van der Waals surface area contributed by atoms with Gasteiger partial charge in [0.25, 0.3) is 5.91 Å². The largest absolute Gasteiger partial charge is 0.493 e. The number of carbonyl (C=O) groups excluding carboxylic acids is 1. The Hall–Kier alpha value is -2.41. The molecule has 3 rings (SSSR count). The fourth-order valence-corrected chi connectivity index (χ4v) is 4.32. The molecule has 0 saturated carbocycles. The Morgan fingerprint density at radius 1 is 1.23 bits per heavy atom. The fourth-order valence-electron chi connectivity index (χ4n) is 2.90. The molecule has 1 amide bonds. The van der Waals surface area contributed by atoms with Crippen LogP contribution in [0, 0.1) is 0 Å². The summed E-state index contributed by atoms with van der Waals surface area (Å²) in [6.45, 7) is 6.54. The zero-order valence-electron chi connectivity index (χ0n) is 17.2. The van der Waals surface area contributed by atoms with E-state index in [0.29, 0.717) is 44.8 Å². The van der Waals surface area contributed by atoms with E-state index in [0.717, 1.165) is 17.7 Å². The Morgan fingerprint density at radius 2 is 1.97 bits per heavy atom. The summed E-state index contributed by atoms with van der Waals surface area (Å²) >= 11 is 13.7. The highest BCUT2D eigenvalue weighted by Gasteiger charge is 2.32. The molecule has 2 aromatic rings. The average Bonchev–Trinajstić information content (AvgIpc) is 3.03. The van der Waals surface area contributed by atoms with Crippen LogP contribution in [0.2, 0.25) is 10.0 Å². The van der Waals surface area contributed by atoms with E-state index >= 15 is 0 Å². The third kappa shape index (κ3) is 5.64. The number of carbonyl (C=O) groups is 1. The number of nitrogens with zero attached hydrogens (tertiary/aromatic N) is 2. The molecule has 8 heteroatoms. The lowest BCUT2D eigenvalue weighted by Crippen LogP contribution is -2.29. The van der Waals surface area contributed by atoms with Crippen molar-refractivity contribution in [1.82, 2.24) is 4.90 Å². The lowest BCUT2D eigenvalue weighted by atomic mass is 10.1. The van der Waals surface area contributed by atoms with Crippen LogP contribution in [0.25, 0.3) is 6.08 Å². The highest BCUT2D eigenvalue weighted by molar-refractivity contribution is 8.18. The second-order valence-electron chi connectivity index (χ2n) is 6.57. The number of thioether (sulfide) groups is 1. The maximum absolute atomic E-state index is 13.0. The minimum Gasteiger partial charge on any atom is -0.493 e. The van der Waals surface area contributed by atoms with E-state index < -0.39 is 0 Å². The second kappa shape index (κ2) is 10.8. The van der Waals surface area contributed by atoms with Gasteiger partial charge in [0.05, 0.1) is 22.7 Å². The third-order valence-corrected chi connectivity index (χ3v) is 5.82. The van der Waals surface area contributed by atoms with Crippen molar-refractivity contribution in [3.63, 3.8) is 0 Å². The lowest BCUT2D eigenvalue weighted by Gasteiger charge is -2.14. The van der Waals surface area contributed by atoms with Gasteiger partial charge in [0.1, 0.15) is 6.61 Å². The molecular weight excluding hydrogens is 455 g/mol. The van der Waals surface area contributed by atoms with Gasteiger partial charge in [-0.1, -0.05) is 42.8 Å². The number of benzene rings is 2. The minimum absolute atomic E-state index is 0.0957. The topological polar surface area (TPSA) is 51.1 Å². The Bertz CT molecular complexity index is 1040. The van der Waals surface area contributed by atoms with Crippen molar-refractivity contribution >= 4 is 57.8 Å². The maximum Gasteiger partial charge on any atom is 0.266 e. The fraction of sp³-hybridized carbons (Fsp3) is 0.217. The standard InChI is InChI=1S/C23H22Cl2N2O3S/c1-4-10-27-22(28)20(31-23(27)26-17-8-6-16(24)7-9-17)14-15-12-18(25)21(30-11-5-2)19(13-15)29-3/h5-9,12-14H,2,4,10-11H2,1,3H3/b20-14-,26-23?. The van der Waals surface area contributed by atoms with Crippen molar-refractivity contribution in [2.24, 2.45) is 4.99 Å². The van der Waals surface area contributed by atoms with Gasteiger partial charge in [-0.15, -0.1) is 0 Å². The summed E-state index contributed by atoms with van der Waals surface area (Å²) in [4.78, 5) is 19.9. The molecular formula is C23H22Cl2N2O3S. The molecule has 0 aliphatic carbocycles. The molecule has 5 nitrogen and oxygen atoms in total. The Kier molecular flexibility index (Phi) is 8.07. The molecule has 1 fully saturated rings. The highest BCUT2D eigenvalue weighted by atomic mass is 35.5. The Morgan fingerprint density at radius 3 is 2.61 bits per heavy atom. The molecule has 0 unspecified atom stereocenters. The van der Waals surface area contributed by atoms with Crippen LogP contribution < -0.4 is 9.47 Å². The van der Waals surface area contributed by atoms with Gasteiger partial charge in [0.15, 0.2) is 16.7 Å². The Balaban J connectivity index is 1.95. The lowest BCUT2D eigenvalue weighted by molar-refractivity contribution is -0.122. The summed E-state index contributed by atoms with van der Waals surface area (Å²) in [5.41, 5.74) is 1.46. The van der Waals surface area contributed by atoms with Crippen LogP contribution in [0.4, 0.5) is 5.69 Å². The average molecular weight is 477 g/mol. The number of amidine groups is 1. The summed E-state index contributed by atoms with van der Waals surface area (Å²) in [7, 11) is 1.54. The quantitative estimate of drug-likeness (QED) is 0.318. The van der Waals surface area contributed by atoms with Crippen LogP contribution in [0.1, 0.15) is 18.9 Å². The molecule has 1 heterocycles. The van der Waals surface area contributed by atoms with Gasteiger partial charge in [-0.25, -0.2) is 4.99 Å². The predicted octanol–water partition coefficient (Wildman–Crippen LogP) is 6.58. The maximum atomic E-state index is 13.0. The van der Waals surface area contributed by atoms with Crippen molar-refractivity contribution in [1.29, 1.82) is 0 Å². The zero-order valence-corrected chi connectivity index (χ0v) is 19.6. The minimum atomic E-state index is -0.0957. The smallest absolute Gasteiger partial charge is 0.266 e. The van der Waals surface area contributed by atoms with E-state index in [-0.39, 0.29) is 5.91 Å². The normalized spacial score (nSPS) is 16.3. The molecule has 0 spiro atoms. The second-order valence-corrected chi connectivity index (χ2v) is 8.42.